The molecule has 2 aliphatic heterocycles. The van der Waals surface area contributed by atoms with Gasteiger partial charge in [-0.2, -0.15) is 0 Å². The van der Waals surface area contributed by atoms with E-state index in [2.05, 4.69) is 53.4 Å². The van der Waals surface area contributed by atoms with E-state index in [4.69, 9.17) is 17.0 Å². The second-order valence-corrected chi connectivity index (χ2v) is 8.22. The summed E-state index contributed by atoms with van der Waals surface area (Å²) in [6.45, 7) is 0.817. The molecule has 4 nitrogen and oxygen atoms in total. The van der Waals surface area contributed by atoms with Crippen molar-refractivity contribution in [3.05, 3.63) is 95.6 Å². The predicted octanol–water partition coefficient (Wildman–Crippen LogP) is 5.23. The lowest BCUT2D eigenvalue weighted by molar-refractivity contribution is -0.0330. The molecule has 0 spiro atoms. The minimum atomic E-state index is -2.08. The van der Waals surface area contributed by atoms with Crippen LogP contribution in [-0.2, 0) is 11.2 Å². The lowest BCUT2D eigenvalue weighted by Crippen LogP contribution is -2.41. The highest BCUT2D eigenvalue weighted by atomic mass is 16.7. The number of rotatable bonds is 7. The molecule has 0 radical (unpaired) electrons. The highest BCUT2D eigenvalue weighted by molar-refractivity contribution is 5.44. The van der Waals surface area contributed by atoms with Gasteiger partial charge in [0.1, 0.15) is 8.85 Å². The number of nitrogens with zero attached hydrogens (tertiary/aromatic N) is 1. The molecule has 4 heteroatoms. The van der Waals surface area contributed by atoms with E-state index in [-0.39, 0.29) is 12.2 Å². The number of ether oxygens (including phenoxy) is 3. The second kappa shape index (κ2) is 9.54. The summed E-state index contributed by atoms with van der Waals surface area (Å²) in [4.78, 5) is 2.46. The van der Waals surface area contributed by atoms with Gasteiger partial charge in [0, 0.05) is 13.1 Å². The van der Waals surface area contributed by atoms with E-state index >= 15 is 0 Å². The van der Waals surface area contributed by atoms with Gasteiger partial charge in [-0.3, -0.25) is 0 Å². The van der Waals surface area contributed by atoms with Crippen molar-refractivity contribution in [2.75, 3.05) is 26.4 Å². The van der Waals surface area contributed by atoms with Crippen LogP contribution in [0.2, 0.25) is 0 Å². The monoisotopic (exact) mass is 417 g/mol. The van der Waals surface area contributed by atoms with Gasteiger partial charge in [0.25, 0.3) is 0 Å². The molecule has 1 saturated heterocycles. The summed E-state index contributed by atoms with van der Waals surface area (Å²) in [5, 5.41) is 0. The molecule has 1 atom stereocenters. The Kier molecular flexibility index (Phi) is 5.49. The minimum Gasteiger partial charge on any atom is -0.454 e. The summed E-state index contributed by atoms with van der Waals surface area (Å²) in [5.41, 5.74) is 3.48. The van der Waals surface area contributed by atoms with Gasteiger partial charge in [-0.25, -0.2) is 0 Å². The Hall–Kier alpha value is -2.82. The molecular weight excluding hydrogens is 386 g/mol. The third-order valence-electron chi connectivity index (χ3n) is 6.02. The smallest absolute Gasteiger partial charge is 0.231 e. The van der Waals surface area contributed by atoms with E-state index in [0.717, 1.165) is 44.5 Å². The van der Waals surface area contributed by atoms with Gasteiger partial charge in [0.15, 0.2) is 11.5 Å². The Labute approximate surface area is 187 Å². The normalized spacial score (nSPS) is 21.0. The summed E-state index contributed by atoms with van der Waals surface area (Å²) in [5.74, 6) is 0.939. The first-order valence-electron chi connectivity index (χ1n) is 12.0. The summed E-state index contributed by atoms with van der Waals surface area (Å²) in [7, 11) is 0. The molecule has 2 aliphatic rings. The van der Waals surface area contributed by atoms with Crippen LogP contribution in [0.1, 0.15) is 38.4 Å². The van der Waals surface area contributed by atoms with Crippen molar-refractivity contribution in [1.29, 1.82) is 0 Å². The highest BCUT2D eigenvalue weighted by Crippen LogP contribution is 2.33. The van der Waals surface area contributed by atoms with Gasteiger partial charge in [0.2, 0.25) is 6.75 Å². The van der Waals surface area contributed by atoms with Crippen LogP contribution in [0.4, 0.5) is 0 Å². The average molecular weight is 418 g/mol. The predicted molar refractivity (Wildman–Crippen MR) is 122 cm³/mol. The Morgan fingerprint density at radius 1 is 0.935 bits per heavy atom. The molecule has 0 aliphatic carbocycles. The Morgan fingerprint density at radius 2 is 1.65 bits per heavy atom. The molecular formula is C27H29NO3. The molecule has 3 aromatic rings. The van der Waals surface area contributed by atoms with E-state index < -0.39 is 6.75 Å². The minimum absolute atomic E-state index is 0.0683. The highest BCUT2D eigenvalue weighted by Gasteiger charge is 2.25. The van der Waals surface area contributed by atoms with Crippen molar-refractivity contribution in [1.82, 2.24) is 4.90 Å². The molecule has 160 valence electrons. The topological polar surface area (TPSA) is 30.9 Å². The third-order valence-corrected chi connectivity index (χ3v) is 6.02. The molecule has 0 bridgehead atoms. The number of hydrogen-bond acceptors (Lipinski definition) is 4. The van der Waals surface area contributed by atoms with Gasteiger partial charge in [-0.1, -0.05) is 66.7 Å². The second-order valence-electron chi connectivity index (χ2n) is 8.22. The number of benzene rings is 3. The number of piperidine rings is 1. The summed E-state index contributed by atoms with van der Waals surface area (Å²) >= 11 is 0. The molecule has 0 unspecified atom stereocenters. The van der Waals surface area contributed by atoms with Crippen LogP contribution in [0, 0.1) is 0 Å². The van der Waals surface area contributed by atoms with Crippen molar-refractivity contribution in [2.45, 2.75) is 31.5 Å². The maximum Gasteiger partial charge on any atom is 0.231 e. The summed E-state index contributed by atoms with van der Waals surface area (Å²) < 4.78 is 32.3. The molecule has 0 N–H and O–H groups in total. The van der Waals surface area contributed by atoms with Crippen LogP contribution in [0.15, 0.2) is 78.9 Å². The van der Waals surface area contributed by atoms with Crippen molar-refractivity contribution >= 4 is 0 Å². The molecule has 1 fully saturated rings. The largest absolute Gasteiger partial charge is 0.454 e. The lowest BCUT2D eigenvalue weighted by Gasteiger charge is -2.35. The van der Waals surface area contributed by atoms with Gasteiger partial charge in [-0.05, 0) is 54.6 Å². The van der Waals surface area contributed by atoms with Crippen LogP contribution in [0.5, 0.6) is 11.5 Å². The van der Waals surface area contributed by atoms with Gasteiger partial charge >= 0.3 is 0 Å². The number of likely N-dealkylation sites (tertiary alicyclic amines) is 1. The first-order valence-corrected chi connectivity index (χ1v) is 11.0. The van der Waals surface area contributed by atoms with Gasteiger partial charge < -0.3 is 19.1 Å². The zero-order chi connectivity index (χ0) is 22.7. The third kappa shape index (κ3) is 4.92. The quantitative estimate of drug-likeness (QED) is 0.527. The fourth-order valence-corrected chi connectivity index (χ4v) is 4.39. The molecule has 31 heavy (non-hydrogen) atoms. The van der Waals surface area contributed by atoms with Gasteiger partial charge in [-0.15, -0.1) is 0 Å². The zero-order valence-electron chi connectivity index (χ0n) is 19.6. The van der Waals surface area contributed by atoms with E-state index in [9.17, 15) is 0 Å². The zero-order valence-corrected chi connectivity index (χ0v) is 17.6. The molecule has 3 aromatic carbocycles. The van der Waals surface area contributed by atoms with E-state index in [1.54, 1.807) is 6.07 Å². The van der Waals surface area contributed by atoms with E-state index in [1.165, 1.54) is 11.1 Å². The van der Waals surface area contributed by atoms with Gasteiger partial charge in [0.05, 0.1) is 6.10 Å². The van der Waals surface area contributed by atoms with Crippen molar-refractivity contribution in [3.8, 4) is 11.5 Å². The average Bonchev–Trinajstić information content (AvgIpc) is 3.15. The van der Waals surface area contributed by atoms with Crippen molar-refractivity contribution in [3.63, 3.8) is 0 Å². The first-order chi connectivity index (χ1) is 16.1. The Balaban J connectivity index is 1.22. The maximum atomic E-state index is 7.61. The molecule has 5 rings (SSSR count). The SMILES string of the molecule is [2H]C1([2H])Oc2ccc(CCN3CCC[C@@H](OC(c4ccccc4)c4ccccc4)C3)cc2O1. The lowest BCUT2D eigenvalue weighted by atomic mass is 10.00. The first kappa shape index (κ1) is 17.8. The van der Waals surface area contributed by atoms with Crippen LogP contribution in [0.25, 0.3) is 0 Å². The van der Waals surface area contributed by atoms with Crippen LogP contribution < -0.4 is 9.47 Å². The Bertz CT molecular complexity index is 1020. The fraction of sp³-hybridized carbons (Fsp3) is 0.333. The van der Waals surface area contributed by atoms with Crippen molar-refractivity contribution in [2.24, 2.45) is 0 Å². The van der Waals surface area contributed by atoms with Crippen LogP contribution in [0.3, 0.4) is 0 Å². The fourth-order valence-electron chi connectivity index (χ4n) is 4.39. The number of hydrogen-bond donors (Lipinski definition) is 0. The summed E-state index contributed by atoms with van der Waals surface area (Å²) in [6, 6.07) is 26.6. The summed E-state index contributed by atoms with van der Waals surface area (Å²) in [6.07, 6.45) is 3.15. The Morgan fingerprint density at radius 3 is 2.39 bits per heavy atom. The van der Waals surface area contributed by atoms with Crippen LogP contribution in [-0.4, -0.2) is 37.4 Å². The molecule has 0 saturated carbocycles. The molecule has 0 amide bonds. The number of fused-ring (bicyclic) bond motifs is 1. The maximum absolute atomic E-state index is 7.61. The van der Waals surface area contributed by atoms with Crippen molar-refractivity contribution < 1.29 is 17.0 Å². The standard InChI is InChI=1S/C27H29NO3/c1-3-8-22(9-4-1)27(23-10-5-2-6-11-23)31-24-12-7-16-28(19-24)17-15-21-13-14-25-26(18-21)30-20-29-25/h1-6,8-11,13-14,18,24,27H,7,12,15-17,19-20H2/t24-/m1/s1/i20D2. The van der Waals surface area contributed by atoms with Crippen LogP contribution >= 0.6 is 0 Å². The molecule has 0 aromatic heterocycles. The van der Waals surface area contributed by atoms with E-state index in [1.807, 2.05) is 24.3 Å². The van der Waals surface area contributed by atoms with E-state index in [0.29, 0.717) is 11.5 Å². The molecule has 2 heterocycles.